The minimum atomic E-state index is -2.02. The molecule has 116 valence electrons. The quantitative estimate of drug-likeness (QED) is 0.381. The first kappa shape index (κ1) is 19.1. The molecule has 0 bridgehead atoms. The Hall–Kier alpha value is 0.0569. The molecule has 4 nitrogen and oxygen atoms in total. The standard InChI is InChI=1S/C14H34N2O2Si/c1-5-9-15-11-13-19(17-7-3,18-8-4)14-12-16-10-6-2/h15-16H,5-14H2,1-4H3. The normalized spacial score (nSPS) is 12.0. The van der Waals surface area contributed by atoms with Gasteiger partial charge < -0.3 is 19.5 Å². The van der Waals surface area contributed by atoms with Crippen molar-refractivity contribution in [3.63, 3.8) is 0 Å². The highest BCUT2D eigenvalue weighted by molar-refractivity contribution is 6.67. The second-order valence-corrected chi connectivity index (χ2v) is 8.18. The molecule has 0 aromatic carbocycles. The van der Waals surface area contributed by atoms with Gasteiger partial charge in [-0.15, -0.1) is 0 Å². The van der Waals surface area contributed by atoms with Gasteiger partial charge in [0.25, 0.3) is 0 Å². The molecular weight excluding hydrogens is 256 g/mol. The summed E-state index contributed by atoms with van der Waals surface area (Å²) >= 11 is 0. The van der Waals surface area contributed by atoms with Gasteiger partial charge in [-0.3, -0.25) is 0 Å². The largest absolute Gasteiger partial charge is 0.394 e. The van der Waals surface area contributed by atoms with Crippen LogP contribution in [0.15, 0.2) is 0 Å². The zero-order valence-electron chi connectivity index (χ0n) is 13.4. The van der Waals surface area contributed by atoms with E-state index in [1.165, 1.54) is 12.8 Å². The van der Waals surface area contributed by atoms with Gasteiger partial charge in [-0.1, -0.05) is 13.8 Å². The summed E-state index contributed by atoms with van der Waals surface area (Å²) in [5.74, 6) is 0. The molecule has 0 saturated heterocycles. The van der Waals surface area contributed by atoms with Gasteiger partial charge in [0.1, 0.15) is 0 Å². The van der Waals surface area contributed by atoms with Crippen LogP contribution < -0.4 is 10.6 Å². The minimum Gasteiger partial charge on any atom is -0.394 e. The molecule has 2 N–H and O–H groups in total. The summed E-state index contributed by atoms with van der Waals surface area (Å²) in [5, 5.41) is 6.93. The smallest absolute Gasteiger partial charge is 0.340 e. The van der Waals surface area contributed by atoms with Gasteiger partial charge in [-0.05, 0) is 52.9 Å². The van der Waals surface area contributed by atoms with Crippen molar-refractivity contribution in [1.29, 1.82) is 0 Å². The van der Waals surface area contributed by atoms with Gasteiger partial charge >= 0.3 is 8.56 Å². The maximum atomic E-state index is 6.07. The van der Waals surface area contributed by atoms with E-state index in [-0.39, 0.29) is 0 Å². The van der Waals surface area contributed by atoms with Crippen LogP contribution in [0.3, 0.4) is 0 Å². The summed E-state index contributed by atoms with van der Waals surface area (Å²) in [5.41, 5.74) is 0. The van der Waals surface area contributed by atoms with Crippen LogP contribution in [-0.2, 0) is 8.85 Å². The van der Waals surface area contributed by atoms with Crippen molar-refractivity contribution in [2.45, 2.75) is 52.6 Å². The molecule has 0 atom stereocenters. The number of hydrogen-bond donors (Lipinski definition) is 2. The molecule has 0 aromatic rings. The van der Waals surface area contributed by atoms with E-state index in [4.69, 9.17) is 8.85 Å². The van der Waals surface area contributed by atoms with Crippen LogP contribution in [0, 0.1) is 0 Å². The van der Waals surface area contributed by atoms with Crippen molar-refractivity contribution in [2.24, 2.45) is 0 Å². The third kappa shape index (κ3) is 9.57. The number of nitrogens with one attached hydrogen (secondary N) is 2. The molecule has 0 aliphatic carbocycles. The van der Waals surface area contributed by atoms with Gasteiger partial charge in [0, 0.05) is 25.3 Å². The van der Waals surface area contributed by atoms with Crippen molar-refractivity contribution in [3.8, 4) is 0 Å². The lowest BCUT2D eigenvalue weighted by Gasteiger charge is -2.30. The Bertz CT molecular complexity index is 174. The van der Waals surface area contributed by atoms with Crippen LogP contribution in [-0.4, -0.2) is 48.0 Å². The zero-order valence-corrected chi connectivity index (χ0v) is 14.4. The molecule has 0 aromatic heterocycles. The molecule has 0 radical (unpaired) electrons. The molecule has 0 spiro atoms. The predicted molar refractivity (Wildman–Crippen MR) is 84.9 cm³/mol. The maximum Gasteiger partial charge on any atom is 0.340 e. The molecule has 0 saturated carbocycles. The lowest BCUT2D eigenvalue weighted by atomic mass is 10.5. The van der Waals surface area contributed by atoms with E-state index in [2.05, 4.69) is 38.3 Å². The highest BCUT2D eigenvalue weighted by Crippen LogP contribution is 2.18. The van der Waals surface area contributed by atoms with Crippen molar-refractivity contribution < 1.29 is 8.85 Å². The zero-order chi connectivity index (χ0) is 14.4. The molecule has 0 aliphatic heterocycles. The van der Waals surface area contributed by atoms with E-state index in [0.29, 0.717) is 0 Å². The van der Waals surface area contributed by atoms with Gasteiger partial charge in [0.15, 0.2) is 0 Å². The Balaban J connectivity index is 4.22. The van der Waals surface area contributed by atoms with Crippen molar-refractivity contribution >= 4 is 8.56 Å². The van der Waals surface area contributed by atoms with Crippen molar-refractivity contribution in [1.82, 2.24) is 10.6 Å². The fourth-order valence-corrected chi connectivity index (χ4v) is 5.22. The number of rotatable bonds is 14. The van der Waals surface area contributed by atoms with Gasteiger partial charge in [-0.25, -0.2) is 0 Å². The fraction of sp³-hybridized carbons (Fsp3) is 1.00. The summed E-state index contributed by atoms with van der Waals surface area (Å²) in [6.07, 6.45) is 2.35. The van der Waals surface area contributed by atoms with E-state index in [9.17, 15) is 0 Å². The van der Waals surface area contributed by atoms with Crippen LogP contribution in [0.2, 0.25) is 12.1 Å². The fourth-order valence-electron chi connectivity index (χ4n) is 2.14. The van der Waals surface area contributed by atoms with Gasteiger partial charge in [0.2, 0.25) is 0 Å². The molecule has 0 aliphatic rings. The molecule has 0 amide bonds. The summed E-state index contributed by atoms with van der Waals surface area (Å²) in [6.45, 7) is 14.2. The SMILES string of the molecule is CCCNCC[Si](CCNCCC)(OCC)OCC. The van der Waals surface area contributed by atoms with E-state index < -0.39 is 8.56 Å². The summed E-state index contributed by atoms with van der Waals surface area (Å²) in [7, 11) is -2.02. The third-order valence-corrected chi connectivity index (χ3v) is 6.69. The third-order valence-electron chi connectivity index (χ3n) is 3.03. The van der Waals surface area contributed by atoms with Crippen LogP contribution in [0.5, 0.6) is 0 Å². The topological polar surface area (TPSA) is 42.5 Å². The minimum absolute atomic E-state index is 0.758. The molecule has 0 rings (SSSR count). The van der Waals surface area contributed by atoms with Gasteiger partial charge in [0.05, 0.1) is 0 Å². The molecule has 0 heterocycles. The Morgan fingerprint density at radius 3 is 1.42 bits per heavy atom. The number of hydrogen-bond acceptors (Lipinski definition) is 4. The molecule has 0 fully saturated rings. The monoisotopic (exact) mass is 290 g/mol. The van der Waals surface area contributed by atoms with E-state index in [0.717, 1.165) is 51.5 Å². The second-order valence-electron chi connectivity index (χ2n) is 4.78. The van der Waals surface area contributed by atoms with Crippen LogP contribution in [0.25, 0.3) is 0 Å². The second kappa shape index (κ2) is 13.1. The first-order valence-electron chi connectivity index (χ1n) is 7.94. The average Bonchev–Trinajstić information content (AvgIpc) is 2.41. The summed E-state index contributed by atoms with van der Waals surface area (Å²) in [4.78, 5) is 0. The lowest BCUT2D eigenvalue weighted by molar-refractivity contribution is 0.182. The first-order chi connectivity index (χ1) is 9.24. The van der Waals surface area contributed by atoms with E-state index in [1.54, 1.807) is 0 Å². The molecule has 0 unspecified atom stereocenters. The molecule has 19 heavy (non-hydrogen) atoms. The highest BCUT2D eigenvalue weighted by atomic mass is 28.4. The Morgan fingerprint density at radius 2 is 1.11 bits per heavy atom. The van der Waals surface area contributed by atoms with Crippen LogP contribution in [0.1, 0.15) is 40.5 Å². The van der Waals surface area contributed by atoms with Crippen molar-refractivity contribution in [3.05, 3.63) is 0 Å². The summed E-state index contributed by atoms with van der Waals surface area (Å²) < 4.78 is 12.1. The molecule has 5 heteroatoms. The van der Waals surface area contributed by atoms with E-state index >= 15 is 0 Å². The van der Waals surface area contributed by atoms with Crippen LogP contribution >= 0.6 is 0 Å². The Kier molecular flexibility index (Phi) is 13.1. The first-order valence-corrected chi connectivity index (χ1v) is 10.2. The molecular formula is C14H34N2O2Si. The maximum absolute atomic E-state index is 6.07. The Morgan fingerprint density at radius 1 is 0.684 bits per heavy atom. The van der Waals surface area contributed by atoms with Crippen LogP contribution in [0.4, 0.5) is 0 Å². The highest BCUT2D eigenvalue weighted by Gasteiger charge is 2.35. The summed E-state index contributed by atoms with van der Waals surface area (Å²) in [6, 6.07) is 2.09. The van der Waals surface area contributed by atoms with E-state index in [1.807, 2.05) is 0 Å². The Labute approximate surface area is 120 Å². The van der Waals surface area contributed by atoms with Gasteiger partial charge in [-0.2, -0.15) is 0 Å². The average molecular weight is 291 g/mol. The van der Waals surface area contributed by atoms with Crippen molar-refractivity contribution in [2.75, 3.05) is 39.4 Å². The predicted octanol–water partition coefficient (Wildman–Crippen LogP) is 2.50. The lowest BCUT2D eigenvalue weighted by Crippen LogP contribution is -2.46.